The average molecular weight is 231 g/mol. The van der Waals surface area contributed by atoms with Gasteiger partial charge in [0.1, 0.15) is 0 Å². The quantitative estimate of drug-likeness (QED) is 0.541. The van der Waals surface area contributed by atoms with Gasteiger partial charge in [-0.2, -0.15) is 11.8 Å². The molecule has 0 aliphatic carbocycles. The van der Waals surface area contributed by atoms with Crippen molar-refractivity contribution in [1.82, 2.24) is 5.32 Å². The van der Waals surface area contributed by atoms with Gasteiger partial charge in [-0.25, -0.2) is 0 Å². The SMILES string of the molecule is CCCC(C)CNCCCCCCSC. The molecule has 0 saturated carbocycles. The summed E-state index contributed by atoms with van der Waals surface area (Å²) in [6, 6.07) is 0. The zero-order valence-corrected chi connectivity index (χ0v) is 11.7. The van der Waals surface area contributed by atoms with Crippen LogP contribution in [0.3, 0.4) is 0 Å². The smallest absolute Gasteiger partial charge is 0.00232 e. The Hall–Kier alpha value is 0.310. The van der Waals surface area contributed by atoms with E-state index in [1.807, 2.05) is 11.8 Å². The molecule has 1 unspecified atom stereocenters. The summed E-state index contributed by atoms with van der Waals surface area (Å²) in [4.78, 5) is 0. The fourth-order valence-corrected chi connectivity index (χ4v) is 2.29. The van der Waals surface area contributed by atoms with E-state index in [4.69, 9.17) is 0 Å². The summed E-state index contributed by atoms with van der Waals surface area (Å²) in [6.07, 6.45) is 10.4. The van der Waals surface area contributed by atoms with E-state index < -0.39 is 0 Å². The molecule has 0 aromatic carbocycles. The molecule has 0 aliphatic rings. The molecule has 0 heterocycles. The topological polar surface area (TPSA) is 12.0 Å². The van der Waals surface area contributed by atoms with Crippen LogP contribution in [0.15, 0.2) is 0 Å². The molecule has 0 spiro atoms. The van der Waals surface area contributed by atoms with Gasteiger partial charge in [0.25, 0.3) is 0 Å². The fraction of sp³-hybridized carbons (Fsp3) is 1.00. The van der Waals surface area contributed by atoms with Crippen molar-refractivity contribution in [2.75, 3.05) is 25.1 Å². The molecule has 0 aromatic heterocycles. The lowest BCUT2D eigenvalue weighted by Gasteiger charge is -2.10. The summed E-state index contributed by atoms with van der Waals surface area (Å²) >= 11 is 1.96. The second kappa shape index (κ2) is 12.4. The predicted molar refractivity (Wildman–Crippen MR) is 73.8 cm³/mol. The number of thioether (sulfide) groups is 1. The molecule has 1 N–H and O–H groups in total. The first-order chi connectivity index (χ1) is 7.31. The monoisotopic (exact) mass is 231 g/mol. The molecule has 0 radical (unpaired) electrons. The Labute approximate surface area is 101 Å². The third kappa shape index (κ3) is 12.2. The Bertz CT molecular complexity index is 117. The van der Waals surface area contributed by atoms with Crippen LogP contribution in [0.25, 0.3) is 0 Å². The summed E-state index contributed by atoms with van der Waals surface area (Å²) in [6.45, 7) is 7.03. The minimum atomic E-state index is 0.853. The van der Waals surface area contributed by atoms with Gasteiger partial charge in [0.2, 0.25) is 0 Å². The van der Waals surface area contributed by atoms with Crippen LogP contribution in [0.2, 0.25) is 0 Å². The van der Waals surface area contributed by atoms with Crippen molar-refractivity contribution < 1.29 is 0 Å². The van der Waals surface area contributed by atoms with E-state index in [0.29, 0.717) is 0 Å². The average Bonchev–Trinajstić information content (AvgIpc) is 2.22. The molecular formula is C13H29NS. The minimum Gasteiger partial charge on any atom is -0.316 e. The Morgan fingerprint density at radius 1 is 1.13 bits per heavy atom. The lowest BCUT2D eigenvalue weighted by Crippen LogP contribution is -2.22. The summed E-state index contributed by atoms with van der Waals surface area (Å²) in [5, 5.41) is 3.56. The van der Waals surface area contributed by atoms with Gasteiger partial charge in [-0.3, -0.25) is 0 Å². The van der Waals surface area contributed by atoms with E-state index >= 15 is 0 Å². The molecule has 0 aliphatic heterocycles. The van der Waals surface area contributed by atoms with Gasteiger partial charge >= 0.3 is 0 Å². The van der Waals surface area contributed by atoms with Crippen molar-refractivity contribution >= 4 is 11.8 Å². The van der Waals surface area contributed by atoms with E-state index in [9.17, 15) is 0 Å². The maximum Gasteiger partial charge on any atom is -0.00232 e. The molecule has 1 atom stereocenters. The lowest BCUT2D eigenvalue weighted by molar-refractivity contribution is 0.468. The standard InChI is InChI=1S/C13H29NS/c1-4-9-13(2)12-14-10-7-5-6-8-11-15-3/h13-14H,4-12H2,1-3H3. The van der Waals surface area contributed by atoms with Crippen molar-refractivity contribution in [2.45, 2.75) is 52.4 Å². The van der Waals surface area contributed by atoms with Gasteiger partial charge < -0.3 is 5.32 Å². The molecular weight excluding hydrogens is 202 g/mol. The van der Waals surface area contributed by atoms with Crippen LogP contribution in [0.1, 0.15) is 52.4 Å². The third-order valence-electron chi connectivity index (χ3n) is 2.73. The molecule has 0 saturated heterocycles. The number of nitrogens with one attached hydrogen (secondary N) is 1. The van der Waals surface area contributed by atoms with Crippen molar-refractivity contribution in [3.8, 4) is 0 Å². The first kappa shape index (κ1) is 15.3. The summed E-state index contributed by atoms with van der Waals surface area (Å²) in [5.74, 6) is 2.19. The molecule has 2 heteroatoms. The van der Waals surface area contributed by atoms with Crippen LogP contribution < -0.4 is 5.32 Å². The van der Waals surface area contributed by atoms with Crippen molar-refractivity contribution in [2.24, 2.45) is 5.92 Å². The van der Waals surface area contributed by atoms with Crippen LogP contribution in [0.4, 0.5) is 0 Å². The van der Waals surface area contributed by atoms with Gasteiger partial charge in [-0.05, 0) is 50.3 Å². The molecule has 1 nitrogen and oxygen atoms in total. The van der Waals surface area contributed by atoms with Crippen LogP contribution in [0.5, 0.6) is 0 Å². The largest absolute Gasteiger partial charge is 0.316 e. The highest BCUT2D eigenvalue weighted by atomic mass is 32.2. The molecule has 0 rings (SSSR count). The van der Waals surface area contributed by atoms with E-state index in [1.165, 1.54) is 57.4 Å². The van der Waals surface area contributed by atoms with E-state index in [-0.39, 0.29) is 0 Å². The summed E-state index contributed by atoms with van der Waals surface area (Å²) in [7, 11) is 0. The first-order valence-electron chi connectivity index (χ1n) is 6.50. The molecule has 0 fully saturated rings. The lowest BCUT2D eigenvalue weighted by atomic mass is 10.1. The highest BCUT2D eigenvalue weighted by Gasteiger charge is 1.98. The normalized spacial score (nSPS) is 13.0. The number of hydrogen-bond donors (Lipinski definition) is 1. The van der Waals surface area contributed by atoms with Crippen LogP contribution in [-0.2, 0) is 0 Å². The first-order valence-corrected chi connectivity index (χ1v) is 7.90. The Morgan fingerprint density at radius 3 is 2.53 bits per heavy atom. The van der Waals surface area contributed by atoms with E-state index in [1.54, 1.807) is 0 Å². The maximum atomic E-state index is 3.56. The van der Waals surface area contributed by atoms with Gasteiger partial charge in [0, 0.05) is 0 Å². The fourth-order valence-electron chi connectivity index (χ4n) is 1.79. The van der Waals surface area contributed by atoms with Crippen molar-refractivity contribution in [1.29, 1.82) is 0 Å². The van der Waals surface area contributed by atoms with Crippen LogP contribution in [0, 0.1) is 5.92 Å². The molecule has 92 valence electrons. The zero-order chi connectivity index (χ0) is 11.4. The van der Waals surface area contributed by atoms with Crippen LogP contribution in [-0.4, -0.2) is 25.1 Å². The van der Waals surface area contributed by atoms with Gasteiger partial charge in [0.05, 0.1) is 0 Å². The highest BCUT2D eigenvalue weighted by molar-refractivity contribution is 7.98. The van der Waals surface area contributed by atoms with Crippen LogP contribution >= 0.6 is 11.8 Å². The highest BCUT2D eigenvalue weighted by Crippen LogP contribution is 2.05. The Balaban J connectivity index is 2.98. The van der Waals surface area contributed by atoms with Crippen molar-refractivity contribution in [3.63, 3.8) is 0 Å². The molecule has 0 amide bonds. The van der Waals surface area contributed by atoms with E-state index in [0.717, 1.165) is 5.92 Å². The summed E-state index contributed by atoms with van der Waals surface area (Å²) < 4.78 is 0. The summed E-state index contributed by atoms with van der Waals surface area (Å²) in [5.41, 5.74) is 0. The number of hydrogen-bond acceptors (Lipinski definition) is 2. The molecule has 0 bridgehead atoms. The van der Waals surface area contributed by atoms with E-state index in [2.05, 4.69) is 25.4 Å². The predicted octanol–water partition coefficient (Wildman–Crippen LogP) is 3.94. The Kier molecular flexibility index (Phi) is 12.6. The van der Waals surface area contributed by atoms with Gasteiger partial charge in [-0.1, -0.05) is 33.1 Å². The zero-order valence-electron chi connectivity index (χ0n) is 10.8. The van der Waals surface area contributed by atoms with Gasteiger partial charge in [0.15, 0.2) is 0 Å². The number of unbranched alkanes of at least 4 members (excludes halogenated alkanes) is 3. The third-order valence-corrected chi connectivity index (χ3v) is 3.42. The minimum absolute atomic E-state index is 0.853. The maximum absolute atomic E-state index is 3.56. The van der Waals surface area contributed by atoms with Gasteiger partial charge in [-0.15, -0.1) is 0 Å². The number of rotatable bonds is 11. The van der Waals surface area contributed by atoms with Crippen molar-refractivity contribution in [3.05, 3.63) is 0 Å². The Morgan fingerprint density at radius 2 is 1.87 bits per heavy atom. The second-order valence-electron chi connectivity index (χ2n) is 4.50. The second-order valence-corrected chi connectivity index (χ2v) is 5.49. The molecule has 0 aromatic rings. The molecule has 15 heavy (non-hydrogen) atoms.